The normalized spacial score (nSPS) is 10.9. The van der Waals surface area contributed by atoms with Gasteiger partial charge in [-0.05, 0) is 72.6 Å². The summed E-state index contributed by atoms with van der Waals surface area (Å²) in [5.74, 6) is 0.224. The number of carbonyl (C=O) groups excluding carboxylic acids is 2. The van der Waals surface area contributed by atoms with Crippen molar-refractivity contribution in [1.29, 1.82) is 0 Å². The highest BCUT2D eigenvalue weighted by Gasteiger charge is 2.27. The molecule has 0 saturated carbocycles. The molecule has 0 heterocycles. The molecule has 0 aliphatic carbocycles. The molecule has 0 spiro atoms. The minimum Gasteiger partial charge on any atom is -0.493 e. The van der Waals surface area contributed by atoms with Crippen LogP contribution < -0.4 is 24.4 Å². The number of para-hydroxylation sites is 1. The molecular weight excluding hydrogens is 622 g/mol. The Kier molecular flexibility index (Phi) is 10.2. The average molecular weight is 653 g/mol. The molecule has 2 amide bonds. The van der Waals surface area contributed by atoms with Gasteiger partial charge < -0.3 is 20.1 Å². The Morgan fingerprint density at radius 3 is 2.19 bits per heavy atom. The zero-order valence-electron chi connectivity index (χ0n) is 23.0. The first kappa shape index (κ1) is 30.6. The van der Waals surface area contributed by atoms with E-state index in [1.807, 2.05) is 12.1 Å². The van der Waals surface area contributed by atoms with Crippen molar-refractivity contribution in [1.82, 2.24) is 5.32 Å². The van der Waals surface area contributed by atoms with Gasteiger partial charge in [-0.2, -0.15) is 0 Å². The molecule has 0 unspecified atom stereocenters. The maximum atomic E-state index is 13.5. The van der Waals surface area contributed by atoms with Crippen LogP contribution in [-0.4, -0.2) is 47.5 Å². The van der Waals surface area contributed by atoms with Crippen molar-refractivity contribution in [3.8, 4) is 11.5 Å². The van der Waals surface area contributed by atoms with E-state index in [1.165, 1.54) is 12.1 Å². The van der Waals surface area contributed by atoms with Crippen molar-refractivity contribution in [3.63, 3.8) is 0 Å². The highest BCUT2D eigenvalue weighted by atomic mass is 79.9. The van der Waals surface area contributed by atoms with E-state index in [9.17, 15) is 18.0 Å². The lowest BCUT2D eigenvalue weighted by molar-refractivity contribution is -0.114. The second-order valence-electron chi connectivity index (χ2n) is 9.09. The number of sulfonamides is 1. The Morgan fingerprint density at radius 1 is 0.833 bits per heavy atom. The van der Waals surface area contributed by atoms with Gasteiger partial charge in [0.2, 0.25) is 5.91 Å². The molecule has 2 N–H and O–H groups in total. The third-order valence-corrected chi connectivity index (χ3v) is 8.64. The van der Waals surface area contributed by atoms with Crippen LogP contribution in [0.2, 0.25) is 0 Å². The van der Waals surface area contributed by atoms with E-state index < -0.39 is 22.5 Å². The summed E-state index contributed by atoms with van der Waals surface area (Å²) in [6.07, 6.45) is 0.542. The van der Waals surface area contributed by atoms with Gasteiger partial charge in [0.25, 0.3) is 15.9 Å². The lowest BCUT2D eigenvalue weighted by Gasteiger charge is -2.24. The summed E-state index contributed by atoms with van der Waals surface area (Å²) in [7, 11) is -0.944. The summed E-state index contributed by atoms with van der Waals surface area (Å²) < 4.78 is 39.5. The predicted molar refractivity (Wildman–Crippen MR) is 166 cm³/mol. The first-order valence-electron chi connectivity index (χ1n) is 12.9. The van der Waals surface area contributed by atoms with Gasteiger partial charge in [0.15, 0.2) is 11.5 Å². The van der Waals surface area contributed by atoms with Gasteiger partial charge >= 0.3 is 0 Å². The Bertz CT molecular complexity index is 1650. The van der Waals surface area contributed by atoms with Gasteiger partial charge in [0.1, 0.15) is 6.54 Å². The summed E-state index contributed by atoms with van der Waals surface area (Å²) in [6, 6.07) is 26.6. The van der Waals surface area contributed by atoms with Crippen LogP contribution in [0.5, 0.6) is 11.5 Å². The summed E-state index contributed by atoms with van der Waals surface area (Å²) >= 11 is 3.35. The van der Waals surface area contributed by atoms with Crippen LogP contribution in [-0.2, 0) is 21.2 Å². The minimum atomic E-state index is -4.07. The van der Waals surface area contributed by atoms with E-state index in [0.29, 0.717) is 30.2 Å². The number of nitrogens with zero attached hydrogens (tertiary/aromatic N) is 1. The summed E-state index contributed by atoms with van der Waals surface area (Å²) in [5.41, 5.74) is 1.78. The molecule has 0 radical (unpaired) electrons. The maximum absolute atomic E-state index is 13.5. The quantitative estimate of drug-likeness (QED) is 0.216. The lowest BCUT2D eigenvalue weighted by Crippen LogP contribution is -2.38. The van der Waals surface area contributed by atoms with Gasteiger partial charge in [-0.25, -0.2) is 8.42 Å². The van der Waals surface area contributed by atoms with Crippen molar-refractivity contribution >= 4 is 49.1 Å². The van der Waals surface area contributed by atoms with Crippen molar-refractivity contribution < 1.29 is 27.5 Å². The zero-order chi connectivity index (χ0) is 30.1. The molecule has 0 fully saturated rings. The van der Waals surface area contributed by atoms with Crippen LogP contribution in [0.4, 0.5) is 11.4 Å². The fraction of sp³-hybridized carbons (Fsp3) is 0.161. The fourth-order valence-corrected chi connectivity index (χ4v) is 5.91. The second kappa shape index (κ2) is 14.0. The standard InChI is InChI=1S/C31H30BrN3O6S/c1-40-28-17-12-22(20-29(28)41-2)18-19-33-31(37)26-10-6-7-11-27(26)34-30(36)21-35(24-15-13-23(32)14-16-24)42(38,39)25-8-4-3-5-9-25/h3-17,20H,18-19,21H2,1-2H3,(H,33,37)(H,34,36). The fourth-order valence-electron chi connectivity index (χ4n) is 4.20. The van der Waals surface area contributed by atoms with Gasteiger partial charge in [-0.1, -0.05) is 52.3 Å². The molecule has 42 heavy (non-hydrogen) atoms. The van der Waals surface area contributed by atoms with Crippen LogP contribution in [0, 0.1) is 0 Å². The Hall–Kier alpha value is -4.35. The van der Waals surface area contributed by atoms with E-state index in [1.54, 1.807) is 87.0 Å². The molecule has 0 aromatic heterocycles. The van der Waals surface area contributed by atoms with Crippen molar-refractivity contribution in [2.75, 3.05) is 36.9 Å². The summed E-state index contributed by atoms with van der Waals surface area (Å²) in [6.45, 7) is -0.169. The highest BCUT2D eigenvalue weighted by Crippen LogP contribution is 2.28. The Labute approximate surface area is 253 Å². The number of rotatable bonds is 12. The lowest BCUT2D eigenvalue weighted by atomic mass is 10.1. The summed E-state index contributed by atoms with van der Waals surface area (Å²) in [4.78, 5) is 26.4. The molecule has 11 heteroatoms. The number of hydrogen-bond acceptors (Lipinski definition) is 6. The first-order valence-corrected chi connectivity index (χ1v) is 15.2. The third kappa shape index (κ3) is 7.48. The van der Waals surface area contributed by atoms with Crippen LogP contribution in [0.25, 0.3) is 0 Å². The van der Waals surface area contributed by atoms with Gasteiger partial charge in [-0.15, -0.1) is 0 Å². The topological polar surface area (TPSA) is 114 Å². The number of carbonyl (C=O) groups is 2. The van der Waals surface area contributed by atoms with Crippen LogP contribution in [0.15, 0.2) is 106 Å². The van der Waals surface area contributed by atoms with Crippen LogP contribution in [0.1, 0.15) is 15.9 Å². The number of hydrogen-bond donors (Lipinski definition) is 2. The molecule has 218 valence electrons. The molecule has 0 bridgehead atoms. The number of nitrogens with one attached hydrogen (secondary N) is 2. The number of methoxy groups -OCH3 is 2. The van der Waals surface area contributed by atoms with E-state index in [0.717, 1.165) is 14.3 Å². The van der Waals surface area contributed by atoms with Crippen molar-refractivity contribution in [3.05, 3.63) is 113 Å². The number of halogens is 1. The smallest absolute Gasteiger partial charge is 0.264 e. The number of ether oxygens (including phenoxy) is 2. The molecule has 0 aliphatic heterocycles. The average Bonchev–Trinajstić information content (AvgIpc) is 3.01. The number of amides is 2. The maximum Gasteiger partial charge on any atom is 0.264 e. The van der Waals surface area contributed by atoms with Gasteiger partial charge in [-0.3, -0.25) is 13.9 Å². The molecular formula is C31H30BrN3O6S. The predicted octanol–water partition coefficient (Wildman–Crippen LogP) is 5.27. The van der Waals surface area contributed by atoms with E-state index in [4.69, 9.17) is 9.47 Å². The highest BCUT2D eigenvalue weighted by molar-refractivity contribution is 9.10. The van der Waals surface area contributed by atoms with Crippen molar-refractivity contribution in [2.24, 2.45) is 0 Å². The SMILES string of the molecule is COc1ccc(CCNC(=O)c2ccccc2NC(=O)CN(c2ccc(Br)cc2)S(=O)(=O)c2ccccc2)cc1OC. The van der Waals surface area contributed by atoms with E-state index in [-0.39, 0.29) is 22.1 Å². The number of anilines is 2. The largest absolute Gasteiger partial charge is 0.493 e. The van der Waals surface area contributed by atoms with Gasteiger partial charge in [0, 0.05) is 11.0 Å². The van der Waals surface area contributed by atoms with Crippen LogP contribution >= 0.6 is 15.9 Å². The van der Waals surface area contributed by atoms with Crippen LogP contribution in [0.3, 0.4) is 0 Å². The molecule has 0 aliphatic rings. The van der Waals surface area contributed by atoms with E-state index >= 15 is 0 Å². The summed E-state index contributed by atoms with van der Waals surface area (Å²) in [5, 5.41) is 5.59. The second-order valence-corrected chi connectivity index (χ2v) is 11.9. The van der Waals surface area contributed by atoms with E-state index in [2.05, 4.69) is 26.6 Å². The van der Waals surface area contributed by atoms with Crippen molar-refractivity contribution in [2.45, 2.75) is 11.3 Å². The Balaban J connectivity index is 1.47. The molecule has 4 aromatic carbocycles. The zero-order valence-corrected chi connectivity index (χ0v) is 25.4. The van der Waals surface area contributed by atoms with Gasteiger partial charge in [0.05, 0.1) is 36.1 Å². The monoisotopic (exact) mass is 651 g/mol. The molecule has 0 atom stereocenters. The molecule has 4 aromatic rings. The third-order valence-electron chi connectivity index (χ3n) is 6.33. The molecule has 4 rings (SSSR count). The minimum absolute atomic E-state index is 0.0509. The first-order chi connectivity index (χ1) is 20.2. The Morgan fingerprint density at radius 2 is 1.50 bits per heavy atom. The number of benzene rings is 4. The molecule has 0 saturated heterocycles. The molecule has 9 nitrogen and oxygen atoms in total.